The fourth-order valence-electron chi connectivity index (χ4n) is 3.51. The number of hydrogen-bond donors (Lipinski definition) is 2. The summed E-state index contributed by atoms with van der Waals surface area (Å²) < 4.78 is 5.29. The zero-order chi connectivity index (χ0) is 18.9. The van der Waals surface area contributed by atoms with Gasteiger partial charge in [-0.3, -0.25) is 9.89 Å². The first-order valence-electron chi connectivity index (χ1n) is 9.65. The van der Waals surface area contributed by atoms with Crippen LogP contribution in [0.25, 0.3) is 0 Å². The van der Waals surface area contributed by atoms with Gasteiger partial charge in [-0.15, -0.1) is 35.3 Å². The van der Waals surface area contributed by atoms with Crippen LogP contribution >= 0.6 is 35.3 Å². The van der Waals surface area contributed by atoms with Gasteiger partial charge in [0, 0.05) is 25.0 Å². The SMILES string of the molecule is CN=C(NCCc1cccc(OC)c1)NCC(c1cccs1)N1CCCC1.I. The van der Waals surface area contributed by atoms with E-state index in [4.69, 9.17) is 4.74 Å². The summed E-state index contributed by atoms with van der Waals surface area (Å²) in [6, 6.07) is 13.0. The van der Waals surface area contributed by atoms with E-state index in [1.807, 2.05) is 30.5 Å². The maximum atomic E-state index is 5.29. The van der Waals surface area contributed by atoms with Gasteiger partial charge in [-0.05, 0) is 61.5 Å². The number of benzene rings is 1. The number of methoxy groups -OCH3 is 1. The summed E-state index contributed by atoms with van der Waals surface area (Å²) in [5, 5.41) is 9.12. The molecule has 0 radical (unpaired) electrons. The zero-order valence-corrected chi connectivity index (χ0v) is 19.8. The van der Waals surface area contributed by atoms with Crippen LogP contribution in [0.3, 0.4) is 0 Å². The van der Waals surface area contributed by atoms with Gasteiger partial charge in [0.05, 0.1) is 13.2 Å². The molecule has 3 rings (SSSR count). The van der Waals surface area contributed by atoms with Crippen LogP contribution in [0.15, 0.2) is 46.8 Å². The van der Waals surface area contributed by atoms with Crippen LogP contribution in [0.1, 0.15) is 29.3 Å². The molecular formula is C21H31IN4OS. The van der Waals surface area contributed by atoms with Crippen molar-refractivity contribution in [3.63, 3.8) is 0 Å². The molecule has 28 heavy (non-hydrogen) atoms. The number of halogens is 1. The van der Waals surface area contributed by atoms with Crippen LogP contribution < -0.4 is 15.4 Å². The Bertz CT molecular complexity index is 717. The summed E-state index contributed by atoms with van der Waals surface area (Å²) in [7, 11) is 3.53. The van der Waals surface area contributed by atoms with Gasteiger partial charge in [0.1, 0.15) is 5.75 Å². The zero-order valence-electron chi connectivity index (χ0n) is 16.7. The quantitative estimate of drug-likeness (QED) is 0.319. The number of aliphatic imine (C=N–C) groups is 1. The molecule has 1 aromatic carbocycles. The standard InChI is InChI=1S/C21H30N4OS.HI/c1-22-21(23-11-10-17-7-5-8-18(15-17)26-2)24-16-19(20-9-6-14-27-20)25-12-3-4-13-25;/h5-9,14-15,19H,3-4,10-13,16H2,1-2H3,(H2,22,23,24);1H. The first-order chi connectivity index (χ1) is 13.3. The lowest BCUT2D eigenvalue weighted by molar-refractivity contribution is 0.249. The first-order valence-corrected chi connectivity index (χ1v) is 10.5. The molecule has 0 bridgehead atoms. The van der Waals surface area contributed by atoms with Crippen molar-refractivity contribution >= 4 is 41.3 Å². The molecule has 0 saturated carbocycles. The largest absolute Gasteiger partial charge is 0.497 e. The maximum Gasteiger partial charge on any atom is 0.191 e. The predicted octanol–water partition coefficient (Wildman–Crippen LogP) is 3.92. The van der Waals surface area contributed by atoms with Gasteiger partial charge in [-0.25, -0.2) is 0 Å². The first kappa shape index (κ1) is 23.0. The second-order valence-corrected chi connectivity index (χ2v) is 7.73. The van der Waals surface area contributed by atoms with Gasteiger partial charge in [0.15, 0.2) is 5.96 Å². The van der Waals surface area contributed by atoms with Crippen LogP contribution in [0.5, 0.6) is 5.75 Å². The Morgan fingerprint density at radius 1 is 1.21 bits per heavy atom. The van der Waals surface area contributed by atoms with Crippen molar-refractivity contribution in [2.24, 2.45) is 4.99 Å². The third-order valence-electron chi connectivity index (χ3n) is 4.98. The normalized spacial score (nSPS) is 15.7. The molecule has 7 heteroatoms. The summed E-state index contributed by atoms with van der Waals surface area (Å²) in [4.78, 5) is 8.40. The molecule has 1 saturated heterocycles. The van der Waals surface area contributed by atoms with Gasteiger partial charge in [0.2, 0.25) is 0 Å². The van der Waals surface area contributed by atoms with Crippen molar-refractivity contribution in [2.75, 3.05) is 40.3 Å². The second-order valence-electron chi connectivity index (χ2n) is 6.76. The van der Waals surface area contributed by atoms with Crippen molar-refractivity contribution in [1.29, 1.82) is 0 Å². The molecular weight excluding hydrogens is 483 g/mol. The van der Waals surface area contributed by atoms with Gasteiger partial charge in [-0.1, -0.05) is 18.2 Å². The molecule has 0 amide bonds. The molecule has 2 aromatic rings. The highest BCUT2D eigenvalue weighted by molar-refractivity contribution is 14.0. The molecule has 1 atom stereocenters. The van der Waals surface area contributed by atoms with E-state index in [1.54, 1.807) is 7.11 Å². The van der Waals surface area contributed by atoms with Gasteiger partial charge < -0.3 is 15.4 Å². The molecule has 1 aromatic heterocycles. The summed E-state index contributed by atoms with van der Waals surface area (Å²) in [5.41, 5.74) is 1.26. The molecule has 154 valence electrons. The monoisotopic (exact) mass is 514 g/mol. The molecule has 0 spiro atoms. The average Bonchev–Trinajstić information content (AvgIpc) is 3.41. The number of hydrogen-bond acceptors (Lipinski definition) is 4. The van der Waals surface area contributed by atoms with Crippen LogP contribution in [-0.4, -0.2) is 51.2 Å². The number of nitrogens with one attached hydrogen (secondary N) is 2. The number of nitrogens with zero attached hydrogens (tertiary/aromatic N) is 2. The topological polar surface area (TPSA) is 48.9 Å². The molecule has 1 aliphatic rings. The third kappa shape index (κ3) is 6.63. The van der Waals surface area contributed by atoms with E-state index in [9.17, 15) is 0 Å². The minimum absolute atomic E-state index is 0. The Morgan fingerprint density at radius 2 is 2.04 bits per heavy atom. The smallest absolute Gasteiger partial charge is 0.191 e. The van der Waals surface area contributed by atoms with Crippen LogP contribution in [-0.2, 0) is 6.42 Å². The van der Waals surface area contributed by atoms with Crippen LogP contribution in [0.2, 0.25) is 0 Å². The number of thiophene rings is 1. The van der Waals surface area contributed by atoms with E-state index in [0.29, 0.717) is 6.04 Å². The van der Waals surface area contributed by atoms with Crippen molar-refractivity contribution in [1.82, 2.24) is 15.5 Å². The molecule has 1 aliphatic heterocycles. The van der Waals surface area contributed by atoms with Crippen molar-refractivity contribution in [3.05, 3.63) is 52.2 Å². The van der Waals surface area contributed by atoms with Crippen molar-refractivity contribution in [2.45, 2.75) is 25.3 Å². The highest BCUT2D eigenvalue weighted by Crippen LogP contribution is 2.27. The molecule has 0 aliphatic carbocycles. The van der Waals surface area contributed by atoms with E-state index in [2.05, 4.69) is 50.2 Å². The summed E-state index contributed by atoms with van der Waals surface area (Å²) >= 11 is 1.84. The van der Waals surface area contributed by atoms with E-state index in [0.717, 1.165) is 31.2 Å². The molecule has 1 fully saturated rings. The minimum Gasteiger partial charge on any atom is -0.497 e. The fraction of sp³-hybridized carbons (Fsp3) is 0.476. The number of ether oxygens (including phenoxy) is 1. The Morgan fingerprint density at radius 3 is 2.71 bits per heavy atom. The predicted molar refractivity (Wildman–Crippen MR) is 129 cm³/mol. The number of likely N-dealkylation sites (tertiary alicyclic amines) is 1. The Labute approximate surface area is 189 Å². The van der Waals surface area contributed by atoms with Crippen LogP contribution in [0.4, 0.5) is 0 Å². The van der Waals surface area contributed by atoms with Gasteiger partial charge in [0.25, 0.3) is 0 Å². The molecule has 2 N–H and O–H groups in total. The lowest BCUT2D eigenvalue weighted by Crippen LogP contribution is -2.43. The van der Waals surface area contributed by atoms with E-state index in [-0.39, 0.29) is 24.0 Å². The van der Waals surface area contributed by atoms with Crippen molar-refractivity contribution in [3.8, 4) is 5.75 Å². The van der Waals surface area contributed by atoms with E-state index >= 15 is 0 Å². The number of rotatable bonds is 8. The Hall–Kier alpha value is -1.32. The average molecular weight is 514 g/mol. The highest BCUT2D eigenvalue weighted by atomic mass is 127. The molecule has 2 heterocycles. The summed E-state index contributed by atoms with van der Waals surface area (Å²) in [5.74, 6) is 1.76. The Kier molecular flexibility index (Phi) is 10.1. The van der Waals surface area contributed by atoms with E-state index < -0.39 is 0 Å². The molecule has 5 nitrogen and oxygen atoms in total. The minimum atomic E-state index is 0. The van der Waals surface area contributed by atoms with E-state index in [1.165, 1.54) is 36.4 Å². The van der Waals surface area contributed by atoms with Gasteiger partial charge >= 0.3 is 0 Å². The van der Waals surface area contributed by atoms with Gasteiger partial charge in [-0.2, -0.15) is 0 Å². The number of guanidine groups is 1. The third-order valence-corrected chi connectivity index (χ3v) is 5.95. The summed E-state index contributed by atoms with van der Waals surface area (Å²) in [6.07, 6.45) is 3.53. The van der Waals surface area contributed by atoms with Crippen LogP contribution in [0, 0.1) is 0 Å². The highest BCUT2D eigenvalue weighted by Gasteiger charge is 2.24. The summed E-state index contributed by atoms with van der Waals surface area (Å²) in [6.45, 7) is 4.08. The maximum absolute atomic E-state index is 5.29. The van der Waals surface area contributed by atoms with Crippen molar-refractivity contribution < 1.29 is 4.74 Å². The molecule has 1 unspecified atom stereocenters. The Balaban J connectivity index is 0.00000280. The second kappa shape index (κ2) is 12.3. The lowest BCUT2D eigenvalue weighted by atomic mass is 10.1. The fourth-order valence-corrected chi connectivity index (χ4v) is 4.37. The lowest BCUT2D eigenvalue weighted by Gasteiger charge is -2.27.